The van der Waals surface area contributed by atoms with Crippen LogP contribution < -0.4 is 0 Å². The monoisotopic (exact) mass is 257 g/mol. The summed E-state index contributed by atoms with van der Waals surface area (Å²) in [6.07, 6.45) is 3.47. The smallest absolute Gasteiger partial charge is 0.140 e. The Morgan fingerprint density at radius 2 is 2.36 bits per heavy atom. The fourth-order valence-corrected chi connectivity index (χ4v) is 2.61. The van der Waals surface area contributed by atoms with E-state index in [0.717, 1.165) is 41.5 Å². The number of alkyl halides is 1. The second-order valence-electron chi connectivity index (χ2n) is 4.41. The lowest BCUT2D eigenvalue weighted by atomic mass is 9.80. The third kappa shape index (κ3) is 1.74. The summed E-state index contributed by atoms with van der Waals surface area (Å²) < 4.78 is 5.33. The maximum atomic E-state index is 5.33. The summed E-state index contributed by atoms with van der Waals surface area (Å²) in [5.74, 6) is 2.69. The van der Waals surface area contributed by atoms with Crippen LogP contribution in [0.2, 0.25) is 0 Å². The lowest BCUT2D eigenvalue weighted by Crippen LogP contribution is -2.18. The molecule has 2 nitrogen and oxygen atoms in total. The van der Waals surface area contributed by atoms with Crippen LogP contribution in [0.3, 0.4) is 0 Å². The van der Waals surface area contributed by atoms with Crippen LogP contribution >= 0.6 is 15.9 Å². The number of aromatic nitrogens is 1. The number of halogens is 1. The first-order valence-electron chi connectivity index (χ1n) is 5.24. The van der Waals surface area contributed by atoms with Crippen molar-refractivity contribution in [2.45, 2.75) is 38.4 Å². The van der Waals surface area contributed by atoms with Crippen LogP contribution in [0.1, 0.15) is 37.3 Å². The molecule has 3 heteroatoms. The van der Waals surface area contributed by atoms with Crippen molar-refractivity contribution in [3.05, 3.63) is 17.0 Å². The van der Waals surface area contributed by atoms with E-state index in [1.807, 2.05) is 0 Å². The molecule has 0 N–H and O–H groups in total. The molecule has 0 saturated heterocycles. The molecular weight excluding hydrogens is 242 g/mol. The van der Waals surface area contributed by atoms with Gasteiger partial charge in [-0.3, -0.25) is 0 Å². The van der Waals surface area contributed by atoms with Crippen molar-refractivity contribution in [1.82, 2.24) is 5.16 Å². The van der Waals surface area contributed by atoms with E-state index in [4.69, 9.17) is 4.52 Å². The predicted octanol–water partition coefficient (Wildman–Crippen LogP) is 3.33. The molecule has 0 bridgehead atoms. The van der Waals surface area contributed by atoms with Crippen molar-refractivity contribution in [3.8, 4) is 0 Å². The van der Waals surface area contributed by atoms with Crippen LogP contribution in [-0.4, -0.2) is 5.16 Å². The quantitative estimate of drug-likeness (QED) is 0.760. The first-order chi connectivity index (χ1) is 6.72. The van der Waals surface area contributed by atoms with Gasteiger partial charge in [0, 0.05) is 17.3 Å². The van der Waals surface area contributed by atoms with Crippen LogP contribution in [0.25, 0.3) is 0 Å². The van der Waals surface area contributed by atoms with Gasteiger partial charge in [0.15, 0.2) is 0 Å². The van der Waals surface area contributed by atoms with Gasteiger partial charge >= 0.3 is 0 Å². The van der Waals surface area contributed by atoms with Crippen molar-refractivity contribution >= 4 is 15.9 Å². The Hall–Kier alpha value is -0.310. The summed E-state index contributed by atoms with van der Waals surface area (Å²) >= 11 is 3.45. The second kappa shape index (κ2) is 4.05. The van der Waals surface area contributed by atoms with Gasteiger partial charge < -0.3 is 4.52 Å². The molecule has 0 amide bonds. The minimum atomic E-state index is 0.765. The fourth-order valence-electron chi connectivity index (χ4n) is 2.16. The van der Waals surface area contributed by atoms with Crippen LogP contribution in [0.4, 0.5) is 0 Å². The Kier molecular flexibility index (Phi) is 2.96. The summed E-state index contributed by atoms with van der Waals surface area (Å²) in [5.41, 5.74) is 2.47. The van der Waals surface area contributed by atoms with Crippen LogP contribution in [0, 0.1) is 11.8 Å². The SMILES string of the molecule is CC(C)C1CCc2onc(CBr)c2C1. The third-order valence-corrected chi connectivity index (χ3v) is 3.76. The Balaban J connectivity index is 2.23. The van der Waals surface area contributed by atoms with Gasteiger partial charge in [-0.25, -0.2) is 0 Å². The van der Waals surface area contributed by atoms with Crippen LogP contribution in [-0.2, 0) is 18.2 Å². The number of aryl methyl sites for hydroxylation is 1. The number of rotatable bonds is 2. The van der Waals surface area contributed by atoms with E-state index >= 15 is 0 Å². The van der Waals surface area contributed by atoms with E-state index in [1.54, 1.807) is 0 Å². The highest BCUT2D eigenvalue weighted by molar-refractivity contribution is 9.08. The van der Waals surface area contributed by atoms with Crippen LogP contribution in [0.15, 0.2) is 4.52 Å². The highest BCUT2D eigenvalue weighted by Crippen LogP contribution is 2.32. The lowest BCUT2D eigenvalue weighted by Gasteiger charge is -2.24. The maximum absolute atomic E-state index is 5.33. The molecule has 2 rings (SSSR count). The molecule has 0 fully saturated rings. The Labute approximate surface area is 93.2 Å². The molecule has 1 aromatic rings. The Morgan fingerprint density at radius 1 is 1.57 bits per heavy atom. The van der Waals surface area contributed by atoms with Gasteiger partial charge in [-0.05, 0) is 24.7 Å². The van der Waals surface area contributed by atoms with Crippen molar-refractivity contribution in [2.24, 2.45) is 11.8 Å². The second-order valence-corrected chi connectivity index (χ2v) is 4.97. The van der Waals surface area contributed by atoms with Gasteiger partial charge in [0.25, 0.3) is 0 Å². The van der Waals surface area contributed by atoms with Gasteiger partial charge in [0.05, 0.1) is 5.69 Å². The molecule has 1 heterocycles. The average molecular weight is 258 g/mol. The fraction of sp³-hybridized carbons (Fsp3) is 0.727. The Morgan fingerprint density at radius 3 is 3.00 bits per heavy atom. The zero-order valence-electron chi connectivity index (χ0n) is 8.72. The molecule has 0 aromatic carbocycles. The van der Waals surface area contributed by atoms with Gasteiger partial charge in [-0.15, -0.1) is 0 Å². The van der Waals surface area contributed by atoms with Crippen LogP contribution in [0.5, 0.6) is 0 Å². The zero-order valence-corrected chi connectivity index (χ0v) is 10.3. The molecule has 1 atom stereocenters. The molecule has 0 radical (unpaired) electrons. The van der Waals surface area contributed by atoms with E-state index in [9.17, 15) is 0 Å². The minimum Gasteiger partial charge on any atom is -0.361 e. The normalized spacial score (nSPS) is 21.3. The molecule has 14 heavy (non-hydrogen) atoms. The molecule has 0 spiro atoms. The minimum absolute atomic E-state index is 0.765. The number of fused-ring (bicyclic) bond motifs is 1. The van der Waals surface area contributed by atoms with E-state index in [1.165, 1.54) is 12.0 Å². The largest absolute Gasteiger partial charge is 0.361 e. The zero-order chi connectivity index (χ0) is 10.1. The topological polar surface area (TPSA) is 26.0 Å². The first kappa shape index (κ1) is 10.2. The van der Waals surface area contributed by atoms with E-state index in [0.29, 0.717) is 0 Å². The lowest BCUT2D eigenvalue weighted by molar-refractivity contribution is 0.305. The van der Waals surface area contributed by atoms with Crippen molar-refractivity contribution < 1.29 is 4.52 Å². The molecule has 0 saturated carbocycles. The molecule has 1 aliphatic rings. The Bertz CT molecular complexity index is 306. The van der Waals surface area contributed by atoms with Crippen molar-refractivity contribution in [3.63, 3.8) is 0 Å². The molecule has 1 aromatic heterocycles. The third-order valence-electron chi connectivity index (χ3n) is 3.23. The standard InChI is InChI=1S/C11H16BrNO/c1-7(2)8-3-4-11-9(5-8)10(6-12)13-14-11/h7-8H,3-6H2,1-2H3. The number of hydrogen-bond donors (Lipinski definition) is 0. The summed E-state index contributed by atoms with van der Waals surface area (Å²) in [5, 5.41) is 4.90. The number of nitrogens with zero attached hydrogens (tertiary/aromatic N) is 1. The van der Waals surface area contributed by atoms with Gasteiger partial charge in [-0.1, -0.05) is 34.9 Å². The first-order valence-corrected chi connectivity index (χ1v) is 6.36. The van der Waals surface area contributed by atoms with E-state index < -0.39 is 0 Å². The van der Waals surface area contributed by atoms with Gasteiger partial charge in [-0.2, -0.15) is 0 Å². The summed E-state index contributed by atoms with van der Waals surface area (Å²) in [6, 6.07) is 0. The molecular formula is C11H16BrNO. The molecule has 1 unspecified atom stereocenters. The average Bonchev–Trinajstić information content (AvgIpc) is 2.59. The van der Waals surface area contributed by atoms with Crippen molar-refractivity contribution in [1.29, 1.82) is 0 Å². The maximum Gasteiger partial charge on any atom is 0.140 e. The van der Waals surface area contributed by atoms with E-state index in [2.05, 4.69) is 34.9 Å². The summed E-state index contributed by atoms with van der Waals surface area (Å²) in [6.45, 7) is 4.61. The van der Waals surface area contributed by atoms with Crippen molar-refractivity contribution in [2.75, 3.05) is 0 Å². The molecule has 1 aliphatic carbocycles. The molecule has 78 valence electrons. The highest BCUT2D eigenvalue weighted by atomic mass is 79.9. The van der Waals surface area contributed by atoms with E-state index in [-0.39, 0.29) is 0 Å². The summed E-state index contributed by atoms with van der Waals surface area (Å²) in [4.78, 5) is 0. The predicted molar refractivity (Wildman–Crippen MR) is 59.5 cm³/mol. The highest BCUT2D eigenvalue weighted by Gasteiger charge is 2.26. The summed E-state index contributed by atoms with van der Waals surface area (Å²) in [7, 11) is 0. The number of hydrogen-bond acceptors (Lipinski definition) is 2. The molecule has 0 aliphatic heterocycles. The van der Waals surface area contributed by atoms with Gasteiger partial charge in [0.2, 0.25) is 0 Å². The van der Waals surface area contributed by atoms with Gasteiger partial charge in [0.1, 0.15) is 5.76 Å².